The summed E-state index contributed by atoms with van der Waals surface area (Å²) >= 11 is 0. The first-order chi connectivity index (χ1) is 23.7. The molecule has 0 bridgehead atoms. The molecule has 2 aliphatic carbocycles. The first-order valence-electron chi connectivity index (χ1n) is 17.0. The fourth-order valence-corrected chi connectivity index (χ4v) is 7.33. The Morgan fingerprint density at radius 1 is 1.08 bits per heavy atom. The number of aromatic nitrogens is 7. The van der Waals surface area contributed by atoms with Crippen LogP contribution in [0.25, 0.3) is 28.2 Å². The van der Waals surface area contributed by atoms with E-state index in [2.05, 4.69) is 11.2 Å². The smallest absolute Gasteiger partial charge is 0.425 e. The van der Waals surface area contributed by atoms with E-state index in [0.29, 0.717) is 36.5 Å². The van der Waals surface area contributed by atoms with Gasteiger partial charge in [-0.25, -0.2) is 23.8 Å². The van der Waals surface area contributed by atoms with Crippen molar-refractivity contribution >= 4 is 23.5 Å². The van der Waals surface area contributed by atoms with E-state index in [4.69, 9.17) is 34.1 Å². The highest BCUT2D eigenvalue weighted by Gasteiger charge is 2.77. The van der Waals surface area contributed by atoms with E-state index in [-0.39, 0.29) is 29.3 Å². The molecule has 1 saturated heterocycles. The van der Waals surface area contributed by atoms with E-state index in [9.17, 15) is 14.9 Å². The maximum Gasteiger partial charge on any atom is 0.425 e. The molecule has 3 fully saturated rings. The van der Waals surface area contributed by atoms with Crippen LogP contribution in [0.15, 0.2) is 36.9 Å². The number of hydrogen-bond acceptors (Lipinski definition) is 11. The number of hydrogen-bond donors (Lipinski definition) is 0. The van der Waals surface area contributed by atoms with Crippen LogP contribution in [-0.4, -0.2) is 77.4 Å². The minimum atomic E-state index is -0.905. The van der Waals surface area contributed by atoms with Crippen LogP contribution in [0.1, 0.15) is 85.9 Å². The van der Waals surface area contributed by atoms with Gasteiger partial charge in [0.15, 0.2) is 12.0 Å². The molecule has 15 nitrogen and oxygen atoms in total. The molecular weight excluding hydrogens is 642 g/mol. The van der Waals surface area contributed by atoms with E-state index in [1.165, 1.54) is 0 Å². The fraction of sp³-hybridized carbons (Fsp3) is 0.571. The maximum atomic E-state index is 13.7. The lowest BCUT2D eigenvalue weighted by Gasteiger charge is -2.30. The first kappa shape index (κ1) is 33.7. The zero-order valence-corrected chi connectivity index (χ0v) is 29.5. The summed E-state index contributed by atoms with van der Waals surface area (Å²) < 4.78 is 28.3. The lowest BCUT2D eigenvalue weighted by Crippen LogP contribution is -2.45. The van der Waals surface area contributed by atoms with Gasteiger partial charge in [-0.15, -0.1) is 0 Å². The quantitative estimate of drug-likeness (QED) is 0.214. The zero-order valence-electron chi connectivity index (χ0n) is 29.5. The Bertz CT molecular complexity index is 1940. The fourth-order valence-electron chi connectivity index (χ4n) is 7.33. The van der Waals surface area contributed by atoms with Crippen molar-refractivity contribution in [3.05, 3.63) is 36.9 Å². The molecule has 2 amide bonds. The highest BCUT2D eigenvalue weighted by molar-refractivity contribution is 6.09. The normalized spacial score (nSPS) is 24.6. The summed E-state index contributed by atoms with van der Waals surface area (Å²) in [5, 5.41) is 23.6. The molecule has 15 heteroatoms. The lowest BCUT2D eigenvalue weighted by molar-refractivity contribution is -0.0385. The third-order valence-corrected chi connectivity index (χ3v) is 9.51. The molecule has 2 saturated carbocycles. The number of nitrogens with zero attached hydrogens (tertiary/aromatic N) is 9. The van der Waals surface area contributed by atoms with Crippen molar-refractivity contribution in [1.82, 2.24) is 34.2 Å². The van der Waals surface area contributed by atoms with Gasteiger partial charge in [0.2, 0.25) is 0 Å². The van der Waals surface area contributed by atoms with Crippen LogP contribution in [0.3, 0.4) is 0 Å². The molecule has 5 heterocycles. The van der Waals surface area contributed by atoms with Crippen molar-refractivity contribution in [2.24, 2.45) is 11.3 Å². The van der Waals surface area contributed by atoms with Gasteiger partial charge >= 0.3 is 12.2 Å². The van der Waals surface area contributed by atoms with Crippen molar-refractivity contribution in [2.75, 3.05) is 18.6 Å². The number of imide groups is 1. The second-order valence-corrected chi connectivity index (χ2v) is 15.3. The number of carbonyl (C=O) groups excluding carboxylic acids is 2. The number of rotatable bonds is 7. The summed E-state index contributed by atoms with van der Waals surface area (Å²) in [6, 6.07) is 5.92. The molecule has 3 aliphatic rings. The summed E-state index contributed by atoms with van der Waals surface area (Å²) in [7, 11) is 1.71. The average Bonchev–Trinajstić information content (AvgIpc) is 3.63. The minimum Gasteiger partial charge on any atom is -0.443 e. The van der Waals surface area contributed by atoms with E-state index in [1.54, 1.807) is 82.5 Å². The van der Waals surface area contributed by atoms with Gasteiger partial charge < -0.3 is 18.9 Å². The molecule has 5 atom stereocenters. The number of methoxy groups -OCH3 is 1. The molecular formula is C35H43N9O6. The van der Waals surface area contributed by atoms with Gasteiger partial charge in [-0.1, -0.05) is 0 Å². The van der Waals surface area contributed by atoms with Crippen LogP contribution >= 0.6 is 0 Å². The molecule has 50 heavy (non-hydrogen) atoms. The summed E-state index contributed by atoms with van der Waals surface area (Å²) in [6.45, 7) is 10.9. The second kappa shape index (κ2) is 12.2. The third kappa shape index (κ3) is 6.00. The number of amides is 2. The van der Waals surface area contributed by atoms with Crippen LogP contribution < -0.4 is 4.90 Å². The van der Waals surface area contributed by atoms with Gasteiger partial charge in [0.1, 0.15) is 22.6 Å². The Balaban J connectivity index is 1.31. The molecule has 4 aromatic rings. The maximum absolute atomic E-state index is 13.7. The van der Waals surface area contributed by atoms with Crippen LogP contribution in [0, 0.1) is 22.7 Å². The lowest BCUT2D eigenvalue weighted by atomic mass is 9.80. The number of anilines is 1. The molecule has 0 aromatic carbocycles. The predicted octanol–water partition coefficient (Wildman–Crippen LogP) is 6.32. The Morgan fingerprint density at radius 3 is 2.46 bits per heavy atom. The third-order valence-electron chi connectivity index (χ3n) is 9.51. The van der Waals surface area contributed by atoms with Crippen LogP contribution in [0.5, 0.6) is 0 Å². The average molecular weight is 686 g/mol. The highest BCUT2D eigenvalue weighted by atomic mass is 16.6. The minimum absolute atomic E-state index is 0.0744. The van der Waals surface area contributed by atoms with Crippen molar-refractivity contribution in [3.8, 4) is 28.7 Å². The van der Waals surface area contributed by atoms with Gasteiger partial charge in [-0.3, -0.25) is 4.68 Å². The van der Waals surface area contributed by atoms with E-state index in [1.807, 2.05) is 16.9 Å². The Morgan fingerprint density at radius 2 is 1.82 bits per heavy atom. The van der Waals surface area contributed by atoms with Gasteiger partial charge in [0, 0.05) is 49.3 Å². The Kier molecular flexibility index (Phi) is 8.22. The molecule has 7 rings (SSSR count). The molecule has 1 aliphatic heterocycles. The summed E-state index contributed by atoms with van der Waals surface area (Å²) in [5.74, 6) is 0.378. The van der Waals surface area contributed by atoms with Gasteiger partial charge in [-0.2, -0.15) is 25.5 Å². The molecule has 3 unspecified atom stereocenters. The zero-order chi connectivity index (χ0) is 35.6. The van der Waals surface area contributed by atoms with E-state index >= 15 is 0 Å². The SMILES string of the molecule is CO[C@@H]1C[C@]2(CC#N)C1C2n1cc(-c2nc(-c3cc(N(C(=O)OC(C)(C)C)C(=O)OC(C)(C)C)n(C4CCCCO4)n3)cn3nccc23)cn1. The molecule has 0 radical (unpaired) electrons. The van der Waals surface area contributed by atoms with Crippen molar-refractivity contribution in [3.63, 3.8) is 0 Å². The number of carbonyl (C=O) groups is 2. The topological polar surface area (TPSA) is 164 Å². The summed E-state index contributed by atoms with van der Waals surface area (Å²) in [4.78, 5) is 33.4. The molecule has 4 aromatic heterocycles. The van der Waals surface area contributed by atoms with Crippen molar-refractivity contribution in [2.45, 2.75) is 103 Å². The first-order valence-corrected chi connectivity index (χ1v) is 17.0. The van der Waals surface area contributed by atoms with Crippen molar-refractivity contribution < 1.29 is 28.5 Å². The highest BCUT2D eigenvalue weighted by Crippen LogP contribution is 2.77. The van der Waals surface area contributed by atoms with Crippen LogP contribution in [0.4, 0.5) is 15.4 Å². The molecule has 0 spiro atoms. The molecule has 0 N–H and O–H groups in total. The standard InChI is InChI=1S/C35H43N9O6/c1-33(2,3)49-31(45)43(32(46)50-34(4,5)6)26-16-22(40-44(26)27-10-8-9-15-48-27)23-20-41-24(11-14-37-41)29(39-23)21-18-38-42(19-21)30-28-25(47-7)17-35(28,30)12-13-36/h11,14,16,18-20,25,27-28,30H,8-10,12,15,17H2,1-7H3/t25-,27?,28?,30?,35-/m1/s1. The largest absolute Gasteiger partial charge is 0.443 e. The van der Waals surface area contributed by atoms with Gasteiger partial charge in [0.05, 0.1) is 48.0 Å². The predicted molar refractivity (Wildman–Crippen MR) is 180 cm³/mol. The summed E-state index contributed by atoms with van der Waals surface area (Å²) in [6.07, 6.45) is 8.61. The van der Waals surface area contributed by atoms with Crippen LogP contribution in [-0.2, 0) is 18.9 Å². The van der Waals surface area contributed by atoms with E-state index in [0.717, 1.165) is 35.2 Å². The molecule has 264 valence electrons. The Hall–Kier alpha value is -4.81. The summed E-state index contributed by atoms with van der Waals surface area (Å²) in [5.41, 5.74) is 1.08. The number of fused-ring (bicyclic) bond motifs is 2. The van der Waals surface area contributed by atoms with Gasteiger partial charge in [0.25, 0.3) is 0 Å². The monoisotopic (exact) mass is 685 g/mol. The van der Waals surface area contributed by atoms with Gasteiger partial charge in [-0.05, 0) is 73.3 Å². The number of ether oxygens (including phenoxy) is 4. The van der Waals surface area contributed by atoms with Crippen LogP contribution in [0.2, 0.25) is 0 Å². The second-order valence-electron chi connectivity index (χ2n) is 15.3. The number of nitriles is 1. The van der Waals surface area contributed by atoms with Crippen molar-refractivity contribution in [1.29, 1.82) is 5.26 Å². The van der Waals surface area contributed by atoms with E-state index < -0.39 is 29.6 Å². The Labute approximate surface area is 290 Å².